The van der Waals surface area contributed by atoms with Gasteiger partial charge in [0, 0.05) is 24.5 Å². The predicted octanol–water partition coefficient (Wildman–Crippen LogP) is 2.30. The molecule has 3 rings (SSSR count). The highest BCUT2D eigenvalue weighted by Gasteiger charge is 2.12. The number of aromatic nitrogens is 4. The van der Waals surface area contributed by atoms with E-state index in [1.54, 1.807) is 25.4 Å². The number of aryl methyl sites for hydroxylation is 2. The Morgan fingerprint density at radius 3 is 2.64 bits per heavy atom. The SMILES string of the molecule is CNC(=O)c1ccc(Nc2ncc(-c3nnc(C)s3)c(N)n2)cc1C. The Hall–Kier alpha value is -3.07. The number of carbonyl (C=O) groups excluding carboxylic acids is 1. The van der Waals surface area contributed by atoms with Crippen molar-refractivity contribution in [2.75, 3.05) is 18.1 Å². The lowest BCUT2D eigenvalue weighted by Gasteiger charge is -2.10. The number of benzene rings is 1. The number of hydrogen-bond donors (Lipinski definition) is 3. The molecule has 1 amide bonds. The maximum Gasteiger partial charge on any atom is 0.251 e. The van der Waals surface area contributed by atoms with Crippen LogP contribution in [0.5, 0.6) is 0 Å². The number of nitrogens with zero attached hydrogens (tertiary/aromatic N) is 4. The summed E-state index contributed by atoms with van der Waals surface area (Å²) in [6.07, 6.45) is 1.62. The minimum atomic E-state index is -0.124. The third kappa shape index (κ3) is 3.56. The molecule has 2 aromatic heterocycles. The minimum absolute atomic E-state index is 0.124. The van der Waals surface area contributed by atoms with Crippen LogP contribution < -0.4 is 16.4 Å². The molecule has 25 heavy (non-hydrogen) atoms. The Bertz CT molecular complexity index is 938. The largest absolute Gasteiger partial charge is 0.383 e. The maximum atomic E-state index is 11.7. The molecule has 0 saturated carbocycles. The van der Waals surface area contributed by atoms with Gasteiger partial charge in [0.2, 0.25) is 5.95 Å². The molecule has 0 aliphatic rings. The molecular formula is C16H17N7OS. The lowest BCUT2D eigenvalue weighted by molar-refractivity contribution is 0.0962. The molecule has 4 N–H and O–H groups in total. The second-order valence-corrected chi connectivity index (χ2v) is 6.53. The molecule has 0 bridgehead atoms. The van der Waals surface area contributed by atoms with E-state index in [-0.39, 0.29) is 5.91 Å². The minimum Gasteiger partial charge on any atom is -0.383 e. The first-order valence-corrected chi connectivity index (χ1v) is 8.32. The second kappa shape index (κ2) is 6.81. The third-order valence-electron chi connectivity index (χ3n) is 3.53. The van der Waals surface area contributed by atoms with Crippen molar-refractivity contribution in [1.82, 2.24) is 25.5 Å². The van der Waals surface area contributed by atoms with Gasteiger partial charge < -0.3 is 16.4 Å². The molecule has 8 nitrogen and oxygen atoms in total. The molecule has 9 heteroatoms. The van der Waals surface area contributed by atoms with Gasteiger partial charge in [-0.15, -0.1) is 10.2 Å². The van der Waals surface area contributed by atoms with Crippen LogP contribution in [0.15, 0.2) is 24.4 Å². The number of nitrogen functional groups attached to an aromatic ring is 1. The number of rotatable bonds is 4. The van der Waals surface area contributed by atoms with Gasteiger partial charge in [0.15, 0.2) is 5.01 Å². The molecule has 0 aliphatic heterocycles. The average molecular weight is 355 g/mol. The van der Waals surface area contributed by atoms with Crippen molar-refractivity contribution in [2.45, 2.75) is 13.8 Å². The summed E-state index contributed by atoms with van der Waals surface area (Å²) >= 11 is 1.43. The summed E-state index contributed by atoms with van der Waals surface area (Å²) < 4.78 is 0. The van der Waals surface area contributed by atoms with Gasteiger partial charge in [0.25, 0.3) is 5.91 Å². The Morgan fingerprint density at radius 1 is 1.24 bits per heavy atom. The topological polar surface area (TPSA) is 119 Å². The molecule has 0 radical (unpaired) electrons. The molecule has 1 aromatic carbocycles. The first kappa shape index (κ1) is 16.8. The zero-order chi connectivity index (χ0) is 18.0. The standard InChI is InChI=1S/C16H17N7OS/c1-8-6-10(4-5-11(8)14(24)18-3)20-16-19-7-12(13(17)21-16)15-23-22-9(2)25-15/h4-7H,1-3H3,(H,18,24)(H3,17,19,20,21). The smallest absolute Gasteiger partial charge is 0.251 e. The predicted molar refractivity (Wildman–Crippen MR) is 97.9 cm³/mol. The number of nitrogens with one attached hydrogen (secondary N) is 2. The third-order valence-corrected chi connectivity index (χ3v) is 4.40. The lowest BCUT2D eigenvalue weighted by Crippen LogP contribution is -2.18. The lowest BCUT2D eigenvalue weighted by atomic mass is 10.1. The molecule has 0 atom stereocenters. The molecule has 0 saturated heterocycles. The molecule has 0 aliphatic carbocycles. The van der Waals surface area contributed by atoms with Crippen LogP contribution in [0, 0.1) is 13.8 Å². The van der Waals surface area contributed by atoms with Gasteiger partial charge in [-0.25, -0.2) is 4.98 Å². The van der Waals surface area contributed by atoms with Crippen LogP contribution in [0.25, 0.3) is 10.6 Å². The number of anilines is 3. The van der Waals surface area contributed by atoms with Gasteiger partial charge in [-0.1, -0.05) is 11.3 Å². The van der Waals surface area contributed by atoms with E-state index in [0.717, 1.165) is 16.3 Å². The van der Waals surface area contributed by atoms with Crippen LogP contribution >= 0.6 is 11.3 Å². The molecule has 0 spiro atoms. The number of nitrogens with two attached hydrogens (primary N) is 1. The molecule has 128 valence electrons. The van der Waals surface area contributed by atoms with Gasteiger partial charge in [0.1, 0.15) is 10.8 Å². The van der Waals surface area contributed by atoms with Crippen LogP contribution in [-0.2, 0) is 0 Å². The normalized spacial score (nSPS) is 10.5. The zero-order valence-electron chi connectivity index (χ0n) is 14.0. The van der Waals surface area contributed by atoms with Crippen LogP contribution in [0.3, 0.4) is 0 Å². The summed E-state index contributed by atoms with van der Waals surface area (Å²) in [5.41, 5.74) is 8.91. The number of hydrogen-bond acceptors (Lipinski definition) is 8. The van der Waals surface area contributed by atoms with E-state index in [1.165, 1.54) is 11.3 Å². The van der Waals surface area contributed by atoms with Crippen LogP contribution in [0.4, 0.5) is 17.5 Å². The van der Waals surface area contributed by atoms with Crippen LogP contribution in [0.2, 0.25) is 0 Å². The van der Waals surface area contributed by atoms with Crippen LogP contribution in [0.1, 0.15) is 20.9 Å². The summed E-state index contributed by atoms with van der Waals surface area (Å²) in [6.45, 7) is 3.74. The fourth-order valence-corrected chi connectivity index (χ4v) is 3.00. The molecular weight excluding hydrogens is 338 g/mol. The van der Waals surface area contributed by atoms with Crippen molar-refractivity contribution < 1.29 is 4.79 Å². The maximum absolute atomic E-state index is 11.7. The van der Waals surface area contributed by atoms with Gasteiger partial charge in [-0.3, -0.25) is 4.79 Å². The van der Waals surface area contributed by atoms with E-state index >= 15 is 0 Å². The van der Waals surface area contributed by atoms with Crippen molar-refractivity contribution in [3.63, 3.8) is 0 Å². The van der Waals surface area contributed by atoms with E-state index in [2.05, 4.69) is 30.8 Å². The number of amides is 1. The van der Waals surface area contributed by atoms with E-state index in [9.17, 15) is 4.79 Å². The van der Waals surface area contributed by atoms with E-state index in [4.69, 9.17) is 5.73 Å². The first-order chi connectivity index (χ1) is 12.0. The molecule has 0 fully saturated rings. The van der Waals surface area contributed by atoms with Crippen molar-refractivity contribution in [1.29, 1.82) is 0 Å². The van der Waals surface area contributed by atoms with Crippen molar-refractivity contribution in [2.24, 2.45) is 0 Å². The second-order valence-electron chi connectivity index (χ2n) is 5.35. The fourth-order valence-electron chi connectivity index (χ4n) is 2.29. The number of carbonyl (C=O) groups is 1. The Labute approximate surface area is 148 Å². The highest BCUT2D eigenvalue weighted by atomic mass is 32.1. The van der Waals surface area contributed by atoms with Gasteiger partial charge in [-0.05, 0) is 37.6 Å². The first-order valence-electron chi connectivity index (χ1n) is 7.50. The van der Waals surface area contributed by atoms with Crippen LogP contribution in [-0.4, -0.2) is 33.1 Å². The van der Waals surface area contributed by atoms with Gasteiger partial charge in [-0.2, -0.15) is 4.98 Å². The van der Waals surface area contributed by atoms with E-state index in [1.807, 2.05) is 19.9 Å². The Balaban J connectivity index is 1.83. The molecule has 2 heterocycles. The Kier molecular flexibility index (Phi) is 4.57. The molecule has 3 aromatic rings. The van der Waals surface area contributed by atoms with E-state index in [0.29, 0.717) is 27.9 Å². The monoisotopic (exact) mass is 355 g/mol. The summed E-state index contributed by atoms with van der Waals surface area (Å²) in [7, 11) is 1.60. The van der Waals surface area contributed by atoms with Crippen molar-refractivity contribution in [3.05, 3.63) is 40.5 Å². The van der Waals surface area contributed by atoms with Crippen molar-refractivity contribution >= 4 is 34.7 Å². The summed E-state index contributed by atoms with van der Waals surface area (Å²) in [6, 6.07) is 5.39. The zero-order valence-corrected chi connectivity index (χ0v) is 14.8. The molecule has 0 unspecified atom stereocenters. The highest BCUT2D eigenvalue weighted by Crippen LogP contribution is 2.28. The quantitative estimate of drug-likeness (QED) is 0.657. The van der Waals surface area contributed by atoms with Gasteiger partial charge >= 0.3 is 0 Å². The van der Waals surface area contributed by atoms with Crippen molar-refractivity contribution in [3.8, 4) is 10.6 Å². The summed E-state index contributed by atoms with van der Waals surface area (Å²) in [5.74, 6) is 0.572. The summed E-state index contributed by atoms with van der Waals surface area (Å²) in [5, 5.41) is 15.3. The Morgan fingerprint density at radius 2 is 2.04 bits per heavy atom. The average Bonchev–Trinajstić information content (AvgIpc) is 3.00. The fraction of sp³-hybridized carbons (Fsp3) is 0.188. The van der Waals surface area contributed by atoms with Gasteiger partial charge in [0.05, 0.1) is 5.56 Å². The van der Waals surface area contributed by atoms with E-state index < -0.39 is 0 Å². The highest BCUT2D eigenvalue weighted by molar-refractivity contribution is 7.14. The summed E-state index contributed by atoms with van der Waals surface area (Å²) in [4.78, 5) is 20.3.